The van der Waals surface area contributed by atoms with Crippen molar-refractivity contribution in [3.05, 3.63) is 45.7 Å². The maximum absolute atomic E-state index is 10.1. The first-order valence-electron chi connectivity index (χ1n) is 5.16. The molecule has 2 aromatic rings. The molecule has 0 aliphatic carbocycles. The summed E-state index contributed by atoms with van der Waals surface area (Å²) in [6.07, 6.45) is 3.49. The van der Waals surface area contributed by atoms with Gasteiger partial charge in [-0.3, -0.25) is 4.98 Å². The Kier molecular flexibility index (Phi) is 3.31. The Morgan fingerprint density at radius 3 is 2.88 bits per heavy atom. The van der Waals surface area contributed by atoms with Crippen LogP contribution < -0.4 is 0 Å². The summed E-state index contributed by atoms with van der Waals surface area (Å²) < 4.78 is 0. The molecule has 2 heterocycles. The summed E-state index contributed by atoms with van der Waals surface area (Å²) >= 11 is 1.61. The zero-order valence-corrected chi connectivity index (χ0v) is 10.2. The predicted molar refractivity (Wildman–Crippen MR) is 64.5 cm³/mol. The monoisotopic (exact) mass is 234 g/mol. The lowest BCUT2D eigenvalue weighted by Gasteiger charge is -2.11. The van der Waals surface area contributed by atoms with Crippen LogP contribution in [0.1, 0.15) is 27.9 Å². The first-order valence-corrected chi connectivity index (χ1v) is 6.04. The molecular weight excluding hydrogens is 220 g/mol. The average molecular weight is 234 g/mol. The molecule has 2 aromatic heterocycles. The number of hydrogen-bond acceptors (Lipinski definition) is 4. The molecule has 0 radical (unpaired) electrons. The van der Waals surface area contributed by atoms with Gasteiger partial charge in [0.15, 0.2) is 0 Å². The molecule has 0 spiro atoms. The SMILES string of the molecule is Cc1nc(CC(O)c2cnccc2C)cs1. The summed E-state index contributed by atoms with van der Waals surface area (Å²) in [5.41, 5.74) is 2.89. The van der Waals surface area contributed by atoms with Gasteiger partial charge in [-0.1, -0.05) is 0 Å². The molecule has 2 rings (SSSR count). The highest BCUT2D eigenvalue weighted by atomic mass is 32.1. The number of aliphatic hydroxyl groups excluding tert-OH is 1. The molecule has 16 heavy (non-hydrogen) atoms. The van der Waals surface area contributed by atoms with E-state index in [0.29, 0.717) is 6.42 Å². The second-order valence-corrected chi connectivity index (χ2v) is 4.87. The van der Waals surface area contributed by atoms with Crippen LogP contribution in [0, 0.1) is 13.8 Å². The van der Waals surface area contributed by atoms with Gasteiger partial charge in [-0.2, -0.15) is 0 Å². The summed E-state index contributed by atoms with van der Waals surface area (Å²) in [5.74, 6) is 0. The predicted octanol–water partition coefficient (Wildman–Crippen LogP) is 2.43. The number of hydrogen-bond donors (Lipinski definition) is 1. The van der Waals surface area contributed by atoms with Crippen molar-refractivity contribution in [2.24, 2.45) is 0 Å². The Morgan fingerprint density at radius 2 is 2.25 bits per heavy atom. The van der Waals surface area contributed by atoms with Gasteiger partial charge in [-0.15, -0.1) is 11.3 Å². The number of thiazole rings is 1. The molecule has 1 unspecified atom stereocenters. The Bertz CT molecular complexity index is 481. The largest absolute Gasteiger partial charge is 0.388 e. The van der Waals surface area contributed by atoms with Gasteiger partial charge in [-0.25, -0.2) is 4.98 Å². The van der Waals surface area contributed by atoms with Crippen LogP contribution in [0.5, 0.6) is 0 Å². The van der Waals surface area contributed by atoms with Crippen molar-refractivity contribution in [2.45, 2.75) is 26.4 Å². The van der Waals surface area contributed by atoms with E-state index in [9.17, 15) is 5.11 Å². The van der Waals surface area contributed by atoms with E-state index in [1.807, 2.05) is 25.3 Å². The Labute approximate surface area is 98.8 Å². The topological polar surface area (TPSA) is 46.0 Å². The molecule has 0 fully saturated rings. The Hall–Kier alpha value is -1.26. The van der Waals surface area contributed by atoms with E-state index < -0.39 is 6.10 Å². The van der Waals surface area contributed by atoms with Crippen molar-refractivity contribution in [3.63, 3.8) is 0 Å². The van der Waals surface area contributed by atoms with E-state index in [2.05, 4.69) is 9.97 Å². The maximum atomic E-state index is 10.1. The summed E-state index contributed by atoms with van der Waals surface area (Å²) in [4.78, 5) is 8.38. The molecule has 84 valence electrons. The van der Waals surface area contributed by atoms with Crippen molar-refractivity contribution in [2.75, 3.05) is 0 Å². The highest BCUT2D eigenvalue weighted by Crippen LogP contribution is 2.21. The minimum atomic E-state index is -0.518. The number of aliphatic hydroxyl groups is 1. The van der Waals surface area contributed by atoms with Crippen LogP contribution in [-0.4, -0.2) is 15.1 Å². The number of nitrogens with zero attached hydrogens (tertiary/aromatic N) is 2. The van der Waals surface area contributed by atoms with E-state index in [1.165, 1.54) is 0 Å². The summed E-state index contributed by atoms with van der Waals surface area (Å²) in [6.45, 7) is 3.95. The van der Waals surface area contributed by atoms with Gasteiger partial charge < -0.3 is 5.11 Å². The van der Waals surface area contributed by atoms with Crippen LogP contribution in [0.25, 0.3) is 0 Å². The third-order valence-electron chi connectivity index (χ3n) is 2.51. The van der Waals surface area contributed by atoms with E-state index >= 15 is 0 Å². The minimum absolute atomic E-state index is 0.518. The third-order valence-corrected chi connectivity index (χ3v) is 3.33. The number of aryl methyl sites for hydroxylation is 2. The molecular formula is C12H14N2OS. The highest BCUT2D eigenvalue weighted by Gasteiger charge is 2.12. The van der Waals surface area contributed by atoms with Crippen LogP contribution in [0.4, 0.5) is 0 Å². The van der Waals surface area contributed by atoms with E-state index in [-0.39, 0.29) is 0 Å². The van der Waals surface area contributed by atoms with Crippen molar-refractivity contribution in [3.8, 4) is 0 Å². The van der Waals surface area contributed by atoms with Gasteiger partial charge in [0.1, 0.15) is 0 Å². The fourth-order valence-corrected chi connectivity index (χ4v) is 2.26. The summed E-state index contributed by atoms with van der Waals surface area (Å²) in [6, 6.07) is 1.91. The molecule has 0 aliphatic rings. The molecule has 0 amide bonds. The molecule has 0 aromatic carbocycles. The van der Waals surface area contributed by atoms with Crippen molar-refractivity contribution in [1.82, 2.24) is 9.97 Å². The van der Waals surface area contributed by atoms with Crippen LogP contribution >= 0.6 is 11.3 Å². The molecule has 0 saturated heterocycles. The number of pyridine rings is 1. The van der Waals surface area contributed by atoms with Gasteiger partial charge in [0.05, 0.1) is 16.8 Å². The molecule has 0 aliphatic heterocycles. The average Bonchev–Trinajstić information content (AvgIpc) is 2.64. The van der Waals surface area contributed by atoms with E-state index in [0.717, 1.165) is 21.8 Å². The van der Waals surface area contributed by atoms with Gasteiger partial charge in [0, 0.05) is 29.8 Å². The quantitative estimate of drug-likeness (QED) is 0.887. The normalized spacial score (nSPS) is 12.7. The molecule has 3 nitrogen and oxygen atoms in total. The lowest BCUT2D eigenvalue weighted by atomic mass is 10.0. The Balaban J connectivity index is 2.14. The van der Waals surface area contributed by atoms with Crippen molar-refractivity contribution < 1.29 is 5.11 Å². The third kappa shape index (κ3) is 2.46. The second kappa shape index (κ2) is 4.72. The minimum Gasteiger partial charge on any atom is -0.388 e. The first-order chi connectivity index (χ1) is 7.66. The fraction of sp³-hybridized carbons (Fsp3) is 0.333. The summed E-state index contributed by atoms with van der Waals surface area (Å²) in [7, 11) is 0. The molecule has 0 bridgehead atoms. The van der Waals surface area contributed by atoms with Gasteiger partial charge in [-0.05, 0) is 25.5 Å². The lowest BCUT2D eigenvalue weighted by Crippen LogP contribution is -2.04. The lowest BCUT2D eigenvalue weighted by molar-refractivity contribution is 0.176. The number of rotatable bonds is 3. The van der Waals surface area contributed by atoms with Crippen LogP contribution in [0.3, 0.4) is 0 Å². The molecule has 0 saturated carbocycles. The number of aromatic nitrogens is 2. The van der Waals surface area contributed by atoms with Gasteiger partial charge in [0.2, 0.25) is 0 Å². The zero-order valence-electron chi connectivity index (χ0n) is 9.34. The van der Waals surface area contributed by atoms with Crippen LogP contribution in [-0.2, 0) is 6.42 Å². The maximum Gasteiger partial charge on any atom is 0.0897 e. The smallest absolute Gasteiger partial charge is 0.0897 e. The van der Waals surface area contributed by atoms with Gasteiger partial charge in [0.25, 0.3) is 0 Å². The fourth-order valence-electron chi connectivity index (χ4n) is 1.64. The molecule has 1 atom stereocenters. The van der Waals surface area contributed by atoms with Gasteiger partial charge >= 0.3 is 0 Å². The molecule has 4 heteroatoms. The van der Waals surface area contributed by atoms with Crippen LogP contribution in [0.2, 0.25) is 0 Å². The van der Waals surface area contributed by atoms with E-state index in [4.69, 9.17) is 0 Å². The highest BCUT2D eigenvalue weighted by molar-refractivity contribution is 7.09. The summed E-state index contributed by atoms with van der Waals surface area (Å²) in [5, 5.41) is 13.1. The van der Waals surface area contributed by atoms with Crippen molar-refractivity contribution in [1.29, 1.82) is 0 Å². The van der Waals surface area contributed by atoms with Crippen LogP contribution in [0.15, 0.2) is 23.8 Å². The second-order valence-electron chi connectivity index (χ2n) is 3.81. The zero-order chi connectivity index (χ0) is 11.5. The van der Waals surface area contributed by atoms with Crippen molar-refractivity contribution >= 4 is 11.3 Å². The first kappa shape index (κ1) is 11.2. The standard InChI is InChI=1S/C12H14N2OS/c1-8-3-4-13-6-11(8)12(15)5-10-7-16-9(2)14-10/h3-4,6-7,12,15H,5H2,1-2H3. The van der Waals surface area contributed by atoms with E-state index in [1.54, 1.807) is 23.7 Å². The Morgan fingerprint density at radius 1 is 1.44 bits per heavy atom. The molecule has 1 N–H and O–H groups in total.